The molecule has 0 bridgehead atoms. The molecule has 0 aliphatic heterocycles. The highest BCUT2D eigenvalue weighted by Gasteiger charge is 2.34. The van der Waals surface area contributed by atoms with Crippen LogP contribution < -0.4 is 4.74 Å². The van der Waals surface area contributed by atoms with Crippen molar-refractivity contribution in [3.8, 4) is 5.88 Å². The van der Waals surface area contributed by atoms with Crippen molar-refractivity contribution in [1.82, 2.24) is 4.98 Å². The highest BCUT2D eigenvalue weighted by atomic mass is 35.5. The summed E-state index contributed by atoms with van der Waals surface area (Å²) >= 11 is 5.55. The van der Waals surface area contributed by atoms with Crippen LogP contribution in [0, 0.1) is 0 Å². The molecule has 1 rings (SSSR count). The van der Waals surface area contributed by atoms with Gasteiger partial charge in [-0.2, -0.15) is 0 Å². The Morgan fingerprint density at radius 1 is 1.41 bits per heavy atom. The van der Waals surface area contributed by atoms with Crippen molar-refractivity contribution in [3.63, 3.8) is 0 Å². The predicted molar refractivity (Wildman–Crippen MR) is 65.8 cm³/mol. The Balaban J connectivity index is 3.32. The Kier molecular flexibility index (Phi) is 6.34. The van der Waals surface area contributed by atoms with E-state index in [9.17, 15) is 26.7 Å². The first-order chi connectivity index (χ1) is 10.2. The lowest BCUT2D eigenvalue weighted by molar-refractivity contribution is -0.276. The molecule has 0 saturated heterocycles. The van der Waals surface area contributed by atoms with Crippen molar-refractivity contribution in [1.29, 1.82) is 0 Å². The van der Waals surface area contributed by atoms with Gasteiger partial charge in [-0.3, -0.25) is 4.79 Å². The summed E-state index contributed by atoms with van der Waals surface area (Å²) in [5.41, 5.74) is -1.38. The molecule has 124 valence electrons. The fourth-order valence-corrected chi connectivity index (χ4v) is 1.83. The minimum atomic E-state index is -5.15. The van der Waals surface area contributed by atoms with Crippen molar-refractivity contribution in [2.75, 3.05) is 6.61 Å². The van der Waals surface area contributed by atoms with Gasteiger partial charge in [0, 0.05) is 11.4 Å². The summed E-state index contributed by atoms with van der Waals surface area (Å²) in [4.78, 5) is 14.6. The summed E-state index contributed by atoms with van der Waals surface area (Å²) in [6, 6.07) is 0.829. The van der Waals surface area contributed by atoms with Gasteiger partial charge in [0.25, 0.3) is 6.43 Å². The average Bonchev–Trinajstić information content (AvgIpc) is 2.38. The molecular formula is C12H11ClF5NO3. The van der Waals surface area contributed by atoms with Crippen molar-refractivity contribution >= 4 is 17.6 Å². The van der Waals surface area contributed by atoms with Gasteiger partial charge < -0.3 is 9.47 Å². The maximum absolute atomic E-state index is 12.7. The smallest absolute Gasteiger partial charge is 0.466 e. The van der Waals surface area contributed by atoms with Crippen LogP contribution in [0.5, 0.6) is 5.88 Å². The molecule has 0 amide bonds. The van der Waals surface area contributed by atoms with E-state index in [1.165, 1.54) is 6.92 Å². The quantitative estimate of drug-likeness (QED) is 0.446. The molecular weight excluding hydrogens is 337 g/mol. The second-order valence-electron chi connectivity index (χ2n) is 3.95. The summed E-state index contributed by atoms with van der Waals surface area (Å²) < 4.78 is 70.7. The molecule has 0 atom stereocenters. The monoisotopic (exact) mass is 347 g/mol. The molecule has 0 saturated carbocycles. The molecule has 0 radical (unpaired) electrons. The molecule has 0 N–H and O–H groups in total. The maximum atomic E-state index is 12.7. The van der Waals surface area contributed by atoms with Gasteiger partial charge in [-0.1, -0.05) is 0 Å². The van der Waals surface area contributed by atoms with Crippen LogP contribution in [0.15, 0.2) is 6.07 Å². The van der Waals surface area contributed by atoms with E-state index in [0.29, 0.717) is 0 Å². The molecule has 0 unspecified atom stereocenters. The minimum absolute atomic E-state index is 0.00699. The van der Waals surface area contributed by atoms with E-state index in [-0.39, 0.29) is 17.7 Å². The molecule has 22 heavy (non-hydrogen) atoms. The second-order valence-corrected chi connectivity index (χ2v) is 4.22. The zero-order valence-electron chi connectivity index (χ0n) is 11.2. The zero-order valence-corrected chi connectivity index (χ0v) is 12.0. The number of carbonyl (C=O) groups excluding carboxylic acids is 1. The predicted octanol–water partition coefficient (Wildman–Crippen LogP) is 3.76. The minimum Gasteiger partial charge on any atom is -0.466 e. The molecule has 0 spiro atoms. The van der Waals surface area contributed by atoms with E-state index in [2.05, 4.69) is 14.5 Å². The molecule has 4 nitrogen and oxygen atoms in total. The SMILES string of the molecule is CCOC(=O)Cc1c(CCl)cc(C(F)F)nc1OC(F)(F)F. The lowest BCUT2D eigenvalue weighted by atomic mass is 10.1. The van der Waals surface area contributed by atoms with E-state index >= 15 is 0 Å². The Morgan fingerprint density at radius 3 is 2.50 bits per heavy atom. The molecule has 1 heterocycles. The number of alkyl halides is 6. The van der Waals surface area contributed by atoms with Crippen molar-refractivity contribution in [2.24, 2.45) is 0 Å². The number of aromatic nitrogens is 1. The van der Waals surface area contributed by atoms with E-state index in [4.69, 9.17) is 11.6 Å². The van der Waals surface area contributed by atoms with Gasteiger partial charge in [-0.05, 0) is 18.6 Å². The van der Waals surface area contributed by atoms with Gasteiger partial charge in [0.15, 0.2) is 0 Å². The highest BCUT2D eigenvalue weighted by molar-refractivity contribution is 6.17. The third-order valence-electron chi connectivity index (χ3n) is 2.40. The maximum Gasteiger partial charge on any atom is 0.574 e. The Bertz CT molecular complexity index is 536. The zero-order chi connectivity index (χ0) is 16.9. The van der Waals surface area contributed by atoms with Crippen molar-refractivity contribution in [2.45, 2.75) is 32.0 Å². The Hall–Kier alpha value is -1.64. The summed E-state index contributed by atoms with van der Waals surface area (Å²) in [6.45, 7) is 1.51. The fraction of sp³-hybridized carbons (Fsp3) is 0.500. The number of nitrogens with zero attached hydrogens (tertiary/aromatic N) is 1. The summed E-state index contributed by atoms with van der Waals surface area (Å²) in [6.07, 6.45) is -8.90. The number of esters is 1. The molecule has 0 fully saturated rings. The topological polar surface area (TPSA) is 48.4 Å². The first kappa shape index (κ1) is 18.4. The molecule has 0 aliphatic rings. The average molecular weight is 348 g/mol. The van der Waals surface area contributed by atoms with Crippen LogP contribution >= 0.6 is 11.6 Å². The molecule has 0 aliphatic carbocycles. The first-order valence-electron chi connectivity index (χ1n) is 5.96. The number of rotatable bonds is 6. The molecule has 10 heteroatoms. The van der Waals surface area contributed by atoms with E-state index < -0.39 is 42.6 Å². The van der Waals surface area contributed by atoms with Crippen LogP contribution in [0.2, 0.25) is 0 Å². The van der Waals surface area contributed by atoms with Gasteiger partial charge in [0.05, 0.1) is 13.0 Å². The van der Waals surface area contributed by atoms with E-state index in [0.717, 1.165) is 6.07 Å². The number of pyridine rings is 1. The molecule has 0 aromatic carbocycles. The summed E-state index contributed by atoms with van der Waals surface area (Å²) in [7, 11) is 0. The van der Waals surface area contributed by atoms with E-state index in [1.54, 1.807) is 0 Å². The van der Waals surface area contributed by atoms with Gasteiger partial charge in [-0.25, -0.2) is 13.8 Å². The number of hydrogen-bond acceptors (Lipinski definition) is 4. The van der Waals surface area contributed by atoms with Crippen LogP contribution in [0.3, 0.4) is 0 Å². The van der Waals surface area contributed by atoms with Gasteiger partial charge in [0.1, 0.15) is 5.69 Å². The summed E-state index contributed by atoms with van der Waals surface area (Å²) in [5.74, 6) is -2.38. The van der Waals surface area contributed by atoms with Crippen molar-refractivity contribution in [3.05, 3.63) is 22.9 Å². The van der Waals surface area contributed by atoms with E-state index in [1.807, 2.05) is 0 Å². The standard InChI is InChI=1S/C12H11ClF5NO3/c1-2-21-9(20)4-7-6(5-13)3-8(10(14)15)19-11(7)22-12(16,17)18/h3,10H,2,4-5H2,1H3. The fourth-order valence-electron chi connectivity index (χ4n) is 1.59. The summed E-state index contributed by atoms with van der Waals surface area (Å²) in [5, 5.41) is 0. The van der Waals surface area contributed by atoms with Crippen LogP contribution in [0.4, 0.5) is 22.0 Å². The first-order valence-corrected chi connectivity index (χ1v) is 6.49. The normalized spacial score (nSPS) is 11.6. The van der Waals surface area contributed by atoms with Crippen LogP contribution in [-0.2, 0) is 21.8 Å². The third kappa shape index (κ3) is 5.28. The van der Waals surface area contributed by atoms with Gasteiger partial charge >= 0.3 is 12.3 Å². The largest absolute Gasteiger partial charge is 0.574 e. The third-order valence-corrected chi connectivity index (χ3v) is 2.69. The van der Waals surface area contributed by atoms with Crippen LogP contribution in [0.1, 0.15) is 30.2 Å². The number of hydrogen-bond donors (Lipinski definition) is 0. The lowest BCUT2D eigenvalue weighted by Gasteiger charge is -2.16. The highest BCUT2D eigenvalue weighted by Crippen LogP contribution is 2.31. The number of ether oxygens (including phenoxy) is 2. The second kappa shape index (κ2) is 7.57. The van der Waals surface area contributed by atoms with Gasteiger partial charge in [-0.15, -0.1) is 24.8 Å². The molecule has 1 aromatic heterocycles. The molecule has 1 aromatic rings. The van der Waals surface area contributed by atoms with Crippen molar-refractivity contribution < 1.29 is 36.2 Å². The Labute approximate surface area is 127 Å². The number of halogens is 6. The Morgan fingerprint density at radius 2 is 2.05 bits per heavy atom. The number of carbonyl (C=O) groups is 1. The van der Waals surface area contributed by atoms with Crippen LogP contribution in [0.25, 0.3) is 0 Å². The van der Waals surface area contributed by atoms with Gasteiger partial charge in [0.2, 0.25) is 5.88 Å². The lowest BCUT2D eigenvalue weighted by Crippen LogP contribution is -2.21. The van der Waals surface area contributed by atoms with Crippen LogP contribution in [-0.4, -0.2) is 23.9 Å².